The molecule has 0 spiro atoms. The predicted octanol–water partition coefficient (Wildman–Crippen LogP) is 3.01. The summed E-state index contributed by atoms with van der Waals surface area (Å²) < 4.78 is 0. The third kappa shape index (κ3) is 3.21. The highest BCUT2D eigenvalue weighted by Gasteiger charge is 2.37. The molecule has 0 radical (unpaired) electrons. The molecule has 3 heteroatoms. The highest BCUT2D eigenvalue weighted by Crippen LogP contribution is 2.39. The van der Waals surface area contributed by atoms with E-state index in [1.54, 1.807) is 0 Å². The summed E-state index contributed by atoms with van der Waals surface area (Å²) in [5.41, 5.74) is 8.23. The van der Waals surface area contributed by atoms with E-state index in [1.165, 1.54) is 11.1 Å². The Labute approximate surface area is 121 Å². The minimum atomic E-state index is -0.387. The first-order valence-electron chi connectivity index (χ1n) is 7.72. The summed E-state index contributed by atoms with van der Waals surface area (Å²) in [5, 5.41) is 3.26. The minimum absolute atomic E-state index is 0.00439. The van der Waals surface area contributed by atoms with Gasteiger partial charge in [-0.2, -0.15) is 0 Å². The molecule has 3 N–H and O–H groups in total. The molecule has 0 heterocycles. The van der Waals surface area contributed by atoms with Gasteiger partial charge in [-0.05, 0) is 31.7 Å². The van der Waals surface area contributed by atoms with Gasteiger partial charge in [-0.1, -0.05) is 56.0 Å². The maximum absolute atomic E-state index is 12.3. The standard InChI is InChI=1S/C17H26N2O/c1-3-7-15(18)16(20)19-17(10-4-5-11-17)14-9-6-8-13(2)12-14/h6,8-9,12,15H,3-5,7,10-11,18H2,1-2H3,(H,19,20). The zero-order chi connectivity index (χ0) is 14.6. The van der Waals surface area contributed by atoms with Crippen LogP contribution in [0.3, 0.4) is 0 Å². The minimum Gasteiger partial charge on any atom is -0.345 e. The van der Waals surface area contributed by atoms with Crippen molar-refractivity contribution in [2.75, 3.05) is 0 Å². The van der Waals surface area contributed by atoms with Crippen LogP contribution in [0, 0.1) is 6.92 Å². The van der Waals surface area contributed by atoms with Crippen molar-refractivity contribution in [3.8, 4) is 0 Å². The van der Waals surface area contributed by atoms with Gasteiger partial charge in [0.15, 0.2) is 0 Å². The summed E-state index contributed by atoms with van der Waals surface area (Å²) in [5.74, 6) is -0.00439. The van der Waals surface area contributed by atoms with Crippen LogP contribution in [-0.4, -0.2) is 11.9 Å². The molecule has 1 aliphatic rings. The average molecular weight is 274 g/mol. The number of benzene rings is 1. The molecule has 1 atom stereocenters. The predicted molar refractivity (Wildman–Crippen MR) is 82.4 cm³/mol. The monoisotopic (exact) mass is 274 g/mol. The molecular formula is C17H26N2O. The molecule has 20 heavy (non-hydrogen) atoms. The topological polar surface area (TPSA) is 55.1 Å². The fraction of sp³-hybridized carbons (Fsp3) is 0.588. The molecule has 1 saturated carbocycles. The largest absolute Gasteiger partial charge is 0.345 e. The van der Waals surface area contributed by atoms with Crippen molar-refractivity contribution in [1.29, 1.82) is 0 Å². The van der Waals surface area contributed by atoms with Gasteiger partial charge < -0.3 is 11.1 Å². The second-order valence-electron chi connectivity index (χ2n) is 6.04. The Morgan fingerprint density at radius 3 is 2.70 bits per heavy atom. The Morgan fingerprint density at radius 2 is 2.10 bits per heavy atom. The first-order chi connectivity index (χ1) is 9.57. The maximum atomic E-state index is 12.3. The molecule has 110 valence electrons. The van der Waals surface area contributed by atoms with Gasteiger partial charge >= 0.3 is 0 Å². The number of nitrogens with two attached hydrogens (primary N) is 1. The van der Waals surface area contributed by atoms with Crippen molar-refractivity contribution in [3.05, 3.63) is 35.4 Å². The zero-order valence-corrected chi connectivity index (χ0v) is 12.6. The fourth-order valence-electron chi connectivity index (χ4n) is 3.18. The fourth-order valence-corrected chi connectivity index (χ4v) is 3.18. The second kappa shape index (κ2) is 6.40. The Kier molecular flexibility index (Phi) is 4.81. The number of aryl methyl sites for hydroxylation is 1. The van der Waals surface area contributed by atoms with Crippen LogP contribution in [0.5, 0.6) is 0 Å². The lowest BCUT2D eigenvalue weighted by Crippen LogP contribution is -2.50. The molecule has 1 unspecified atom stereocenters. The zero-order valence-electron chi connectivity index (χ0n) is 12.6. The molecule has 0 saturated heterocycles. The number of hydrogen-bond donors (Lipinski definition) is 2. The van der Waals surface area contributed by atoms with Crippen LogP contribution in [0.4, 0.5) is 0 Å². The Balaban J connectivity index is 2.20. The molecule has 1 fully saturated rings. The van der Waals surface area contributed by atoms with Crippen molar-refractivity contribution in [2.24, 2.45) is 5.73 Å². The van der Waals surface area contributed by atoms with Crippen molar-refractivity contribution < 1.29 is 4.79 Å². The molecule has 0 bridgehead atoms. The molecule has 1 amide bonds. The van der Waals surface area contributed by atoms with Crippen molar-refractivity contribution in [1.82, 2.24) is 5.32 Å². The SMILES string of the molecule is CCCC(N)C(=O)NC1(c2cccc(C)c2)CCCC1. The number of carbonyl (C=O) groups excluding carboxylic acids is 1. The lowest BCUT2D eigenvalue weighted by atomic mass is 9.87. The summed E-state index contributed by atoms with van der Waals surface area (Å²) in [7, 11) is 0. The van der Waals surface area contributed by atoms with Crippen LogP contribution >= 0.6 is 0 Å². The van der Waals surface area contributed by atoms with E-state index in [0.717, 1.165) is 38.5 Å². The van der Waals surface area contributed by atoms with Crippen LogP contribution in [0.2, 0.25) is 0 Å². The average Bonchev–Trinajstić information content (AvgIpc) is 2.89. The number of hydrogen-bond acceptors (Lipinski definition) is 2. The molecule has 0 aliphatic heterocycles. The van der Waals surface area contributed by atoms with Crippen molar-refractivity contribution in [2.45, 2.75) is 64.0 Å². The van der Waals surface area contributed by atoms with Crippen LogP contribution in [0.1, 0.15) is 56.6 Å². The lowest BCUT2D eigenvalue weighted by Gasteiger charge is -2.32. The summed E-state index contributed by atoms with van der Waals surface area (Å²) in [6.07, 6.45) is 6.04. The lowest BCUT2D eigenvalue weighted by molar-refractivity contribution is -0.124. The first kappa shape index (κ1) is 15.0. The number of nitrogens with one attached hydrogen (secondary N) is 1. The molecule has 0 aromatic heterocycles. The summed E-state index contributed by atoms with van der Waals surface area (Å²) in [4.78, 5) is 12.3. The smallest absolute Gasteiger partial charge is 0.237 e. The van der Waals surface area contributed by atoms with Crippen LogP contribution in [-0.2, 0) is 10.3 Å². The van der Waals surface area contributed by atoms with E-state index < -0.39 is 0 Å². The highest BCUT2D eigenvalue weighted by molar-refractivity contribution is 5.82. The van der Waals surface area contributed by atoms with Gasteiger partial charge in [0, 0.05) is 0 Å². The van der Waals surface area contributed by atoms with Gasteiger partial charge in [0.1, 0.15) is 0 Å². The van der Waals surface area contributed by atoms with Gasteiger partial charge in [0.2, 0.25) is 5.91 Å². The molecule has 3 nitrogen and oxygen atoms in total. The molecule has 2 rings (SSSR count). The van der Waals surface area contributed by atoms with E-state index in [1.807, 2.05) is 0 Å². The summed E-state index contributed by atoms with van der Waals surface area (Å²) >= 11 is 0. The first-order valence-corrected chi connectivity index (χ1v) is 7.72. The van der Waals surface area contributed by atoms with Gasteiger partial charge in [-0.3, -0.25) is 4.79 Å². The Hall–Kier alpha value is -1.35. The van der Waals surface area contributed by atoms with E-state index in [4.69, 9.17) is 5.73 Å². The van der Waals surface area contributed by atoms with Gasteiger partial charge in [-0.25, -0.2) is 0 Å². The van der Waals surface area contributed by atoms with Crippen molar-refractivity contribution in [3.63, 3.8) is 0 Å². The highest BCUT2D eigenvalue weighted by atomic mass is 16.2. The Morgan fingerprint density at radius 1 is 1.40 bits per heavy atom. The molecule has 1 aliphatic carbocycles. The molecule has 1 aromatic carbocycles. The second-order valence-corrected chi connectivity index (χ2v) is 6.04. The molecule has 1 aromatic rings. The van der Waals surface area contributed by atoms with Gasteiger partial charge in [0.05, 0.1) is 11.6 Å². The Bertz CT molecular complexity index is 464. The normalized spacial score (nSPS) is 18.8. The quantitative estimate of drug-likeness (QED) is 0.867. The number of carbonyl (C=O) groups is 1. The van der Waals surface area contributed by atoms with Crippen molar-refractivity contribution >= 4 is 5.91 Å². The third-order valence-electron chi connectivity index (χ3n) is 4.33. The van der Waals surface area contributed by atoms with E-state index in [2.05, 4.69) is 43.4 Å². The number of amides is 1. The van der Waals surface area contributed by atoms with Crippen LogP contribution in [0.25, 0.3) is 0 Å². The number of rotatable bonds is 5. The van der Waals surface area contributed by atoms with Gasteiger partial charge in [0.25, 0.3) is 0 Å². The maximum Gasteiger partial charge on any atom is 0.237 e. The van der Waals surface area contributed by atoms with Gasteiger partial charge in [-0.15, -0.1) is 0 Å². The summed E-state index contributed by atoms with van der Waals surface area (Å²) in [6.45, 7) is 4.15. The van der Waals surface area contributed by atoms with Crippen LogP contribution < -0.4 is 11.1 Å². The van der Waals surface area contributed by atoms with E-state index >= 15 is 0 Å². The summed E-state index contributed by atoms with van der Waals surface area (Å²) in [6, 6.07) is 8.10. The van der Waals surface area contributed by atoms with Crippen LogP contribution in [0.15, 0.2) is 24.3 Å². The molecular weight excluding hydrogens is 248 g/mol. The van der Waals surface area contributed by atoms with E-state index in [-0.39, 0.29) is 17.5 Å². The van der Waals surface area contributed by atoms with E-state index in [0.29, 0.717) is 0 Å². The van der Waals surface area contributed by atoms with E-state index in [9.17, 15) is 4.79 Å². The third-order valence-corrected chi connectivity index (χ3v) is 4.33.